The lowest BCUT2D eigenvalue weighted by atomic mass is 9.78. The fraction of sp³-hybridized carbons (Fsp3) is 0.800. The van der Waals surface area contributed by atoms with Gasteiger partial charge in [0.25, 0.3) is 0 Å². The van der Waals surface area contributed by atoms with Gasteiger partial charge in [0.2, 0.25) is 0 Å². The summed E-state index contributed by atoms with van der Waals surface area (Å²) in [5, 5.41) is 5.24. The highest BCUT2D eigenvalue weighted by atomic mass is 32.1. The number of thiazole rings is 1. The van der Waals surface area contributed by atoms with Crippen LogP contribution in [0, 0.1) is 19.8 Å². The molecular weight excluding hydrogens is 254 g/mol. The Kier molecular flexibility index (Phi) is 3.44. The van der Waals surface area contributed by atoms with E-state index in [2.05, 4.69) is 37.9 Å². The number of nitrogens with one attached hydrogen (secondary N) is 1. The van der Waals surface area contributed by atoms with Gasteiger partial charge in [-0.25, -0.2) is 4.98 Å². The van der Waals surface area contributed by atoms with Crippen molar-refractivity contribution in [3.63, 3.8) is 0 Å². The van der Waals surface area contributed by atoms with Crippen molar-refractivity contribution < 1.29 is 0 Å². The van der Waals surface area contributed by atoms with Gasteiger partial charge < -0.3 is 10.2 Å². The molecule has 3 atom stereocenters. The molecule has 0 aliphatic carbocycles. The smallest absolute Gasteiger partial charge is 0.114 e. The Morgan fingerprint density at radius 1 is 1.37 bits per heavy atom. The van der Waals surface area contributed by atoms with Crippen LogP contribution >= 0.6 is 11.3 Å². The second kappa shape index (κ2) is 4.83. The second-order valence-corrected chi connectivity index (χ2v) is 7.67. The largest absolute Gasteiger partial charge is 0.303 e. The van der Waals surface area contributed by atoms with Crippen molar-refractivity contribution in [3.8, 4) is 0 Å². The van der Waals surface area contributed by atoms with Crippen LogP contribution in [-0.4, -0.2) is 35.6 Å². The Balaban J connectivity index is 2.01. The molecule has 1 N–H and O–H groups in total. The zero-order chi connectivity index (χ0) is 13.6. The zero-order valence-electron chi connectivity index (χ0n) is 12.5. The van der Waals surface area contributed by atoms with Gasteiger partial charge in [-0.3, -0.25) is 0 Å². The van der Waals surface area contributed by atoms with Gasteiger partial charge in [0, 0.05) is 24.0 Å². The minimum atomic E-state index is 0.130. The van der Waals surface area contributed by atoms with Crippen molar-refractivity contribution in [2.45, 2.75) is 52.1 Å². The number of nitrogens with zero attached hydrogens (tertiary/aromatic N) is 2. The summed E-state index contributed by atoms with van der Waals surface area (Å²) in [5.74, 6) is 0.730. The second-order valence-electron chi connectivity index (χ2n) is 6.47. The summed E-state index contributed by atoms with van der Waals surface area (Å²) in [6, 6.07) is 0.511. The number of hydrogen-bond acceptors (Lipinski definition) is 4. The van der Waals surface area contributed by atoms with Crippen LogP contribution in [0.1, 0.15) is 42.3 Å². The average Bonchev–Trinajstić information content (AvgIpc) is 2.90. The van der Waals surface area contributed by atoms with E-state index >= 15 is 0 Å². The third kappa shape index (κ3) is 2.24. The fourth-order valence-corrected chi connectivity index (χ4v) is 4.86. The summed E-state index contributed by atoms with van der Waals surface area (Å²) in [5.41, 5.74) is 1.34. The minimum Gasteiger partial charge on any atom is -0.303 e. The van der Waals surface area contributed by atoms with E-state index < -0.39 is 0 Å². The first-order chi connectivity index (χ1) is 9.01. The minimum absolute atomic E-state index is 0.130. The summed E-state index contributed by atoms with van der Waals surface area (Å²) < 4.78 is 0. The molecule has 3 nitrogen and oxygen atoms in total. The van der Waals surface area contributed by atoms with E-state index in [1.807, 2.05) is 11.3 Å². The summed E-state index contributed by atoms with van der Waals surface area (Å²) in [7, 11) is 0. The van der Waals surface area contributed by atoms with E-state index in [9.17, 15) is 0 Å². The Bertz CT molecular complexity index is 448. The molecule has 2 aliphatic heterocycles. The molecule has 0 aromatic carbocycles. The van der Waals surface area contributed by atoms with Crippen molar-refractivity contribution in [2.75, 3.05) is 19.6 Å². The number of fused-ring (bicyclic) bond motifs is 2. The molecule has 1 aromatic heterocycles. The number of aryl methyl sites for hydroxylation is 2. The van der Waals surface area contributed by atoms with Crippen LogP contribution in [0.5, 0.6) is 0 Å². The highest BCUT2D eigenvalue weighted by Gasteiger charge is 2.49. The van der Waals surface area contributed by atoms with Crippen LogP contribution in [-0.2, 0) is 5.54 Å². The summed E-state index contributed by atoms with van der Waals surface area (Å²) >= 11 is 1.91. The van der Waals surface area contributed by atoms with Crippen molar-refractivity contribution in [1.29, 1.82) is 0 Å². The molecule has 0 spiro atoms. The number of aromatic nitrogens is 1. The molecule has 3 heterocycles. The third-order valence-electron chi connectivity index (χ3n) is 4.75. The van der Waals surface area contributed by atoms with Crippen LogP contribution in [0.4, 0.5) is 0 Å². The molecular formula is C15H25N3S. The van der Waals surface area contributed by atoms with Crippen molar-refractivity contribution in [1.82, 2.24) is 15.2 Å². The van der Waals surface area contributed by atoms with E-state index in [1.54, 1.807) is 0 Å². The molecule has 106 valence electrons. The van der Waals surface area contributed by atoms with Gasteiger partial charge in [0.05, 0.1) is 11.2 Å². The SMILES string of the molecule is Cc1nc(C2(NC(C)C)CCN3CCC2C3)sc1C. The van der Waals surface area contributed by atoms with E-state index in [1.165, 1.54) is 48.1 Å². The van der Waals surface area contributed by atoms with Gasteiger partial charge in [-0.1, -0.05) is 0 Å². The number of piperidine rings is 1. The lowest BCUT2D eigenvalue weighted by Gasteiger charge is -2.43. The lowest BCUT2D eigenvalue weighted by molar-refractivity contribution is 0.120. The van der Waals surface area contributed by atoms with Crippen LogP contribution in [0.3, 0.4) is 0 Å². The maximum Gasteiger partial charge on any atom is 0.114 e. The van der Waals surface area contributed by atoms with Crippen molar-refractivity contribution in [2.24, 2.45) is 5.92 Å². The molecule has 4 heteroatoms. The number of rotatable bonds is 3. The topological polar surface area (TPSA) is 28.2 Å². The molecule has 1 aromatic rings. The van der Waals surface area contributed by atoms with E-state index in [-0.39, 0.29) is 5.54 Å². The maximum absolute atomic E-state index is 4.91. The molecule has 0 saturated carbocycles. The third-order valence-corrected chi connectivity index (χ3v) is 6.00. The standard InChI is InChI=1S/C15H25N3S/c1-10(2)17-15(14-16-11(3)12(4)19-14)6-8-18-7-5-13(15)9-18/h10,13,17H,5-9H2,1-4H3. The van der Waals surface area contributed by atoms with Crippen LogP contribution in [0.15, 0.2) is 0 Å². The molecule has 19 heavy (non-hydrogen) atoms. The Hall–Kier alpha value is -0.450. The van der Waals surface area contributed by atoms with Crippen LogP contribution < -0.4 is 5.32 Å². The van der Waals surface area contributed by atoms with E-state index in [0.717, 1.165) is 5.92 Å². The van der Waals surface area contributed by atoms with Gasteiger partial charge >= 0.3 is 0 Å². The first kappa shape index (κ1) is 13.5. The predicted octanol–water partition coefficient (Wildman–Crippen LogP) is 2.68. The number of hydrogen-bond donors (Lipinski definition) is 1. The lowest BCUT2D eigenvalue weighted by Crippen LogP contribution is -2.55. The highest BCUT2D eigenvalue weighted by Crippen LogP contribution is 2.44. The first-order valence-corrected chi connectivity index (χ1v) is 8.27. The monoisotopic (exact) mass is 279 g/mol. The van der Waals surface area contributed by atoms with E-state index in [0.29, 0.717) is 6.04 Å². The Morgan fingerprint density at radius 3 is 2.79 bits per heavy atom. The molecule has 0 amide bonds. The summed E-state index contributed by atoms with van der Waals surface area (Å²) in [6.45, 7) is 12.6. The van der Waals surface area contributed by atoms with Gasteiger partial charge in [-0.05, 0) is 53.0 Å². The van der Waals surface area contributed by atoms with E-state index in [4.69, 9.17) is 4.98 Å². The quantitative estimate of drug-likeness (QED) is 0.922. The van der Waals surface area contributed by atoms with Gasteiger partial charge in [-0.15, -0.1) is 11.3 Å². The molecule has 0 radical (unpaired) electrons. The van der Waals surface area contributed by atoms with Crippen molar-refractivity contribution in [3.05, 3.63) is 15.6 Å². The average molecular weight is 279 g/mol. The normalized spacial score (nSPS) is 34.2. The van der Waals surface area contributed by atoms with Crippen molar-refractivity contribution >= 4 is 11.3 Å². The maximum atomic E-state index is 4.91. The zero-order valence-corrected chi connectivity index (χ0v) is 13.3. The molecule has 3 rings (SSSR count). The molecule has 2 bridgehead atoms. The van der Waals surface area contributed by atoms with Gasteiger partial charge in [0.15, 0.2) is 0 Å². The highest BCUT2D eigenvalue weighted by molar-refractivity contribution is 7.11. The molecule has 2 fully saturated rings. The Labute approximate surface area is 120 Å². The first-order valence-electron chi connectivity index (χ1n) is 7.46. The Morgan fingerprint density at radius 2 is 2.16 bits per heavy atom. The summed E-state index contributed by atoms with van der Waals surface area (Å²) in [4.78, 5) is 8.90. The molecule has 2 aliphatic rings. The fourth-order valence-electron chi connectivity index (χ4n) is 3.69. The molecule has 2 saturated heterocycles. The van der Waals surface area contributed by atoms with Gasteiger partial charge in [0.1, 0.15) is 5.01 Å². The molecule has 3 unspecified atom stereocenters. The van der Waals surface area contributed by atoms with Crippen LogP contribution in [0.25, 0.3) is 0 Å². The van der Waals surface area contributed by atoms with Gasteiger partial charge in [-0.2, -0.15) is 0 Å². The summed E-state index contributed by atoms with van der Waals surface area (Å²) in [6.07, 6.45) is 2.53. The predicted molar refractivity (Wildman–Crippen MR) is 80.7 cm³/mol. The van der Waals surface area contributed by atoms with Crippen LogP contribution in [0.2, 0.25) is 0 Å².